The maximum Gasteiger partial charge on any atom is 0.242 e. The van der Waals surface area contributed by atoms with E-state index in [2.05, 4.69) is 39.3 Å². The van der Waals surface area contributed by atoms with E-state index in [1.807, 2.05) is 11.9 Å². The van der Waals surface area contributed by atoms with Gasteiger partial charge in [-0.3, -0.25) is 4.79 Å². The van der Waals surface area contributed by atoms with Crippen LogP contribution >= 0.6 is 0 Å². The summed E-state index contributed by atoms with van der Waals surface area (Å²) >= 11 is 0. The highest BCUT2D eigenvalue weighted by molar-refractivity contribution is 5.84. The van der Waals surface area contributed by atoms with Crippen molar-refractivity contribution in [3.05, 3.63) is 11.9 Å². The van der Waals surface area contributed by atoms with Crippen LogP contribution in [0.1, 0.15) is 51.5 Å². The summed E-state index contributed by atoms with van der Waals surface area (Å²) in [5.41, 5.74) is 1.04. The quantitative estimate of drug-likeness (QED) is 0.837. The van der Waals surface area contributed by atoms with E-state index in [0.717, 1.165) is 62.4 Å². The Labute approximate surface area is 156 Å². The van der Waals surface area contributed by atoms with Crippen LogP contribution in [0, 0.1) is 0 Å². The Morgan fingerprint density at radius 2 is 2.15 bits per heavy atom. The fraction of sp³-hybridized carbons (Fsp3) is 0.737. The molecule has 2 aliphatic rings. The Hall–Kier alpha value is -1.89. The van der Waals surface area contributed by atoms with Gasteiger partial charge in [-0.05, 0) is 45.7 Å². The molecule has 1 fully saturated rings. The second kappa shape index (κ2) is 8.66. The Kier molecular flexibility index (Phi) is 6.29. The van der Waals surface area contributed by atoms with Gasteiger partial charge in [0.2, 0.25) is 5.91 Å². The monoisotopic (exact) mass is 360 g/mol. The van der Waals surface area contributed by atoms with Crippen LogP contribution in [0.15, 0.2) is 6.33 Å². The number of carbonyl (C=O) groups is 1. The molecule has 1 aromatic heterocycles. The highest BCUT2D eigenvalue weighted by atomic mass is 16.2. The molecule has 7 heteroatoms. The third-order valence-corrected chi connectivity index (χ3v) is 5.40. The van der Waals surface area contributed by atoms with E-state index in [1.54, 1.807) is 6.33 Å². The van der Waals surface area contributed by atoms with Crippen molar-refractivity contribution >= 4 is 17.5 Å². The lowest BCUT2D eigenvalue weighted by Gasteiger charge is -2.30. The Balaban J connectivity index is 1.89. The molecule has 144 valence electrons. The number of hydrogen-bond donors (Lipinski definition) is 2. The molecule has 0 bridgehead atoms. The minimum atomic E-state index is 0.185. The van der Waals surface area contributed by atoms with Gasteiger partial charge in [0, 0.05) is 19.1 Å². The van der Waals surface area contributed by atoms with Gasteiger partial charge in [0.05, 0.1) is 18.7 Å². The van der Waals surface area contributed by atoms with E-state index in [1.165, 1.54) is 0 Å². The summed E-state index contributed by atoms with van der Waals surface area (Å²) < 4.78 is 0. The van der Waals surface area contributed by atoms with Crippen molar-refractivity contribution in [3.63, 3.8) is 0 Å². The Morgan fingerprint density at radius 3 is 2.96 bits per heavy atom. The standard InChI is InChI=1S/C19H32N6O/c1-4-6-14(2)23-18-16-11-25(15-7-5-9-20-10-8-15)17(26)12-24(3)19(16)22-13-21-18/h13-15,20H,4-12H2,1-3H3,(H,21,22,23). The molecule has 2 atom stereocenters. The third kappa shape index (κ3) is 4.26. The largest absolute Gasteiger partial charge is 0.367 e. The summed E-state index contributed by atoms with van der Waals surface area (Å²) in [6, 6.07) is 0.636. The number of fused-ring (bicyclic) bond motifs is 1. The van der Waals surface area contributed by atoms with Crippen molar-refractivity contribution in [1.82, 2.24) is 20.2 Å². The first kappa shape index (κ1) is 18.9. The van der Waals surface area contributed by atoms with Gasteiger partial charge in [0.1, 0.15) is 18.0 Å². The number of carbonyl (C=O) groups excluding carboxylic acids is 1. The first-order chi connectivity index (χ1) is 12.6. The summed E-state index contributed by atoms with van der Waals surface area (Å²) in [5.74, 6) is 1.92. The van der Waals surface area contributed by atoms with Gasteiger partial charge < -0.3 is 20.4 Å². The minimum Gasteiger partial charge on any atom is -0.367 e. The predicted octanol–water partition coefficient (Wildman–Crippen LogP) is 2.00. The molecule has 3 heterocycles. The Morgan fingerprint density at radius 1 is 1.31 bits per heavy atom. The molecule has 2 unspecified atom stereocenters. The van der Waals surface area contributed by atoms with E-state index in [0.29, 0.717) is 19.1 Å². The van der Waals surface area contributed by atoms with Crippen LogP contribution < -0.4 is 15.5 Å². The first-order valence-corrected chi connectivity index (χ1v) is 9.91. The zero-order chi connectivity index (χ0) is 18.5. The predicted molar refractivity (Wildman–Crippen MR) is 104 cm³/mol. The van der Waals surface area contributed by atoms with Crippen molar-refractivity contribution in [2.45, 2.75) is 64.6 Å². The van der Waals surface area contributed by atoms with Gasteiger partial charge in [0.15, 0.2) is 0 Å². The van der Waals surface area contributed by atoms with Gasteiger partial charge in [-0.1, -0.05) is 13.3 Å². The van der Waals surface area contributed by atoms with Gasteiger partial charge in [-0.15, -0.1) is 0 Å². The van der Waals surface area contributed by atoms with Crippen LogP contribution in [0.5, 0.6) is 0 Å². The fourth-order valence-corrected chi connectivity index (χ4v) is 4.01. The molecule has 3 rings (SSSR count). The van der Waals surface area contributed by atoms with Crippen molar-refractivity contribution in [2.75, 3.05) is 36.9 Å². The molecule has 0 aliphatic carbocycles. The van der Waals surface area contributed by atoms with E-state index in [4.69, 9.17) is 0 Å². The number of rotatable bonds is 5. The molecular weight excluding hydrogens is 328 g/mol. The first-order valence-electron chi connectivity index (χ1n) is 9.91. The maximum atomic E-state index is 12.9. The molecule has 1 amide bonds. The summed E-state index contributed by atoms with van der Waals surface area (Å²) in [5, 5.41) is 6.98. The van der Waals surface area contributed by atoms with Crippen molar-refractivity contribution in [1.29, 1.82) is 0 Å². The molecule has 2 aliphatic heterocycles. The number of likely N-dealkylation sites (N-methyl/N-ethyl adjacent to an activating group) is 1. The smallest absolute Gasteiger partial charge is 0.242 e. The summed E-state index contributed by atoms with van der Waals surface area (Å²) in [4.78, 5) is 26.0. The second-order valence-corrected chi connectivity index (χ2v) is 7.57. The van der Waals surface area contributed by atoms with Gasteiger partial charge in [-0.25, -0.2) is 9.97 Å². The van der Waals surface area contributed by atoms with Crippen LogP contribution in [0.25, 0.3) is 0 Å². The van der Waals surface area contributed by atoms with E-state index in [9.17, 15) is 4.79 Å². The maximum absolute atomic E-state index is 12.9. The third-order valence-electron chi connectivity index (χ3n) is 5.40. The lowest BCUT2D eigenvalue weighted by atomic mass is 10.1. The molecular formula is C19H32N6O. The second-order valence-electron chi connectivity index (χ2n) is 7.57. The zero-order valence-corrected chi connectivity index (χ0v) is 16.3. The van der Waals surface area contributed by atoms with Crippen LogP contribution in [0.3, 0.4) is 0 Å². The molecule has 1 aromatic rings. The highest BCUT2D eigenvalue weighted by Gasteiger charge is 2.31. The van der Waals surface area contributed by atoms with E-state index < -0.39 is 0 Å². The van der Waals surface area contributed by atoms with Crippen molar-refractivity contribution < 1.29 is 4.79 Å². The topological polar surface area (TPSA) is 73.4 Å². The minimum absolute atomic E-state index is 0.185. The van der Waals surface area contributed by atoms with Crippen LogP contribution in [-0.2, 0) is 11.3 Å². The van der Waals surface area contributed by atoms with Crippen LogP contribution in [0.2, 0.25) is 0 Å². The van der Waals surface area contributed by atoms with E-state index >= 15 is 0 Å². The molecule has 0 saturated carbocycles. The molecule has 26 heavy (non-hydrogen) atoms. The Bertz CT molecular complexity index is 614. The lowest BCUT2D eigenvalue weighted by molar-refractivity contribution is -0.132. The number of hydrogen-bond acceptors (Lipinski definition) is 6. The zero-order valence-electron chi connectivity index (χ0n) is 16.3. The number of nitrogens with one attached hydrogen (secondary N) is 2. The van der Waals surface area contributed by atoms with Crippen LogP contribution in [-0.4, -0.2) is 59.5 Å². The van der Waals surface area contributed by atoms with Gasteiger partial charge >= 0.3 is 0 Å². The lowest BCUT2D eigenvalue weighted by Crippen LogP contribution is -2.43. The molecule has 0 radical (unpaired) electrons. The van der Waals surface area contributed by atoms with Crippen LogP contribution in [0.4, 0.5) is 11.6 Å². The fourth-order valence-electron chi connectivity index (χ4n) is 4.01. The number of nitrogens with zero attached hydrogens (tertiary/aromatic N) is 4. The number of anilines is 2. The molecule has 2 N–H and O–H groups in total. The summed E-state index contributed by atoms with van der Waals surface area (Å²) in [7, 11) is 1.95. The summed E-state index contributed by atoms with van der Waals surface area (Å²) in [6.45, 7) is 7.34. The molecule has 0 spiro atoms. The van der Waals surface area contributed by atoms with Gasteiger partial charge in [-0.2, -0.15) is 0 Å². The molecule has 0 aromatic carbocycles. The van der Waals surface area contributed by atoms with Gasteiger partial charge in [0.25, 0.3) is 0 Å². The molecule has 1 saturated heterocycles. The molecule has 7 nitrogen and oxygen atoms in total. The average Bonchev–Trinajstić information content (AvgIpc) is 2.94. The van der Waals surface area contributed by atoms with E-state index in [-0.39, 0.29) is 11.9 Å². The number of aromatic nitrogens is 2. The number of amides is 1. The SMILES string of the molecule is CCCC(C)Nc1ncnc2c1CN(C1CCCNCC1)C(=O)CN2C. The average molecular weight is 361 g/mol. The summed E-state index contributed by atoms with van der Waals surface area (Å²) in [6.07, 6.45) is 6.99. The van der Waals surface area contributed by atoms with Crippen molar-refractivity contribution in [3.8, 4) is 0 Å². The van der Waals surface area contributed by atoms with Crippen molar-refractivity contribution in [2.24, 2.45) is 0 Å². The normalized spacial score (nSPS) is 22.4. The highest BCUT2D eigenvalue weighted by Crippen LogP contribution is 2.30.